The molecule has 0 atom stereocenters. The van der Waals surface area contributed by atoms with E-state index in [-0.39, 0.29) is 11.1 Å². The summed E-state index contributed by atoms with van der Waals surface area (Å²) in [4.78, 5) is 0. The molecule has 2 aliphatic carbocycles. The van der Waals surface area contributed by atoms with Crippen molar-refractivity contribution in [1.29, 1.82) is 31.6 Å². The fourth-order valence-electron chi connectivity index (χ4n) is 5.62. The minimum absolute atomic E-state index is 0.0705. The maximum atomic E-state index is 9.99. The monoisotopic (exact) mass is 530 g/mol. The summed E-state index contributed by atoms with van der Waals surface area (Å²) in [6.45, 7) is 0. The van der Waals surface area contributed by atoms with E-state index in [0.717, 1.165) is 22.3 Å². The first-order valence-electron chi connectivity index (χ1n) is 12.7. The molecule has 6 heteroatoms. The zero-order chi connectivity index (χ0) is 29.4. The summed E-state index contributed by atoms with van der Waals surface area (Å²) in [7, 11) is 0. The molecule has 6 rings (SSSR count). The van der Waals surface area contributed by atoms with Gasteiger partial charge in [-0.25, -0.2) is 0 Å². The summed E-state index contributed by atoms with van der Waals surface area (Å²) in [6.07, 6.45) is 0. The molecule has 4 aromatic rings. The maximum Gasteiger partial charge on any atom is 0.138 e. The van der Waals surface area contributed by atoms with Crippen LogP contribution in [0.3, 0.4) is 0 Å². The fourth-order valence-corrected chi connectivity index (χ4v) is 5.62. The Balaban J connectivity index is 1.67. The highest BCUT2D eigenvalue weighted by Gasteiger charge is 2.40. The van der Waals surface area contributed by atoms with E-state index < -0.39 is 0 Å². The van der Waals surface area contributed by atoms with E-state index >= 15 is 0 Å². The Hall–Kier alpha value is -6.96. The lowest BCUT2D eigenvalue weighted by atomic mass is 9.87. The Morgan fingerprint density at radius 1 is 0.381 bits per heavy atom. The predicted molar refractivity (Wildman–Crippen MR) is 156 cm³/mol. The van der Waals surface area contributed by atoms with Gasteiger partial charge in [-0.3, -0.25) is 0 Å². The third-order valence-electron chi connectivity index (χ3n) is 7.51. The summed E-state index contributed by atoms with van der Waals surface area (Å²) in [5.41, 5.74) is 9.24. The molecule has 0 aliphatic heterocycles. The highest BCUT2D eigenvalue weighted by molar-refractivity contribution is 6.38. The zero-order valence-corrected chi connectivity index (χ0v) is 21.8. The van der Waals surface area contributed by atoms with E-state index in [2.05, 4.69) is 12.1 Å². The minimum Gasteiger partial charge on any atom is -0.192 e. The average Bonchev–Trinajstić information content (AvgIpc) is 3.55. The van der Waals surface area contributed by atoms with Crippen molar-refractivity contribution in [2.45, 2.75) is 0 Å². The lowest BCUT2D eigenvalue weighted by Gasteiger charge is -2.15. The van der Waals surface area contributed by atoms with Gasteiger partial charge in [0.2, 0.25) is 0 Å². The van der Waals surface area contributed by atoms with Gasteiger partial charge in [0.05, 0.1) is 23.3 Å². The van der Waals surface area contributed by atoms with Crippen molar-refractivity contribution in [2.24, 2.45) is 0 Å². The van der Waals surface area contributed by atoms with E-state index in [0.29, 0.717) is 55.7 Å². The van der Waals surface area contributed by atoms with E-state index in [1.807, 2.05) is 84.9 Å². The lowest BCUT2D eigenvalue weighted by Crippen LogP contribution is -1.96. The number of benzene rings is 4. The van der Waals surface area contributed by atoms with Crippen molar-refractivity contribution in [3.05, 3.63) is 129 Å². The zero-order valence-electron chi connectivity index (χ0n) is 21.8. The molecule has 0 saturated carbocycles. The topological polar surface area (TPSA) is 143 Å². The molecule has 2 aliphatic rings. The molecule has 0 spiro atoms. The summed E-state index contributed by atoms with van der Waals surface area (Å²) in [6, 6.07) is 38.1. The first kappa shape index (κ1) is 25.3. The van der Waals surface area contributed by atoms with Gasteiger partial charge < -0.3 is 0 Å². The van der Waals surface area contributed by atoms with Gasteiger partial charge in [0.15, 0.2) is 0 Å². The first-order valence-corrected chi connectivity index (χ1v) is 12.7. The molecule has 0 heterocycles. The molecule has 0 N–H and O–H groups in total. The third kappa shape index (κ3) is 3.76. The van der Waals surface area contributed by atoms with Gasteiger partial charge in [-0.05, 0) is 80.9 Å². The lowest BCUT2D eigenvalue weighted by molar-refractivity contribution is 1.45. The number of hydrogen-bond acceptors (Lipinski definition) is 6. The fraction of sp³-hybridized carbons (Fsp3) is 0. The highest BCUT2D eigenvalue weighted by Crippen LogP contribution is 2.59. The van der Waals surface area contributed by atoms with Crippen LogP contribution in [0.4, 0.5) is 0 Å². The number of fused-ring (bicyclic) bond motifs is 4. The van der Waals surface area contributed by atoms with Crippen molar-refractivity contribution < 1.29 is 0 Å². The largest absolute Gasteiger partial charge is 0.192 e. The van der Waals surface area contributed by atoms with Crippen LogP contribution >= 0.6 is 0 Å². The summed E-state index contributed by atoms with van der Waals surface area (Å²) < 4.78 is 0. The Morgan fingerprint density at radius 3 is 1.02 bits per heavy atom. The first-order chi connectivity index (χ1) is 20.6. The molecule has 42 heavy (non-hydrogen) atoms. The number of allylic oxidation sites excluding steroid dienone is 6. The molecule has 0 bridgehead atoms. The number of nitrogens with zero attached hydrogens (tertiary/aromatic N) is 6. The number of nitriles is 6. The summed E-state index contributed by atoms with van der Waals surface area (Å²) in [5, 5.41) is 58.4. The standard InChI is InChI=1S/C36H14N6/c37-15-21-1-5-23(6-2-21)25-9-11-29-31(13-25)35-34(28(19-41)20-42)30-12-10-26(24-7-3-22(16-38)4-8-24)14-32(30)36(35)33(29)27(17-39)18-40/h1-14H. The van der Waals surface area contributed by atoms with E-state index in [1.165, 1.54) is 0 Å². The van der Waals surface area contributed by atoms with Gasteiger partial charge in [0.1, 0.15) is 35.4 Å². The van der Waals surface area contributed by atoms with Crippen LogP contribution in [0.2, 0.25) is 0 Å². The Labute approximate surface area is 241 Å². The predicted octanol–water partition coefficient (Wildman–Crippen LogP) is 7.30. The molecule has 6 nitrogen and oxygen atoms in total. The Kier molecular flexibility index (Phi) is 6.01. The van der Waals surface area contributed by atoms with Crippen LogP contribution in [0, 0.1) is 68.0 Å². The minimum atomic E-state index is -0.0705. The van der Waals surface area contributed by atoms with Crippen molar-refractivity contribution in [2.75, 3.05) is 0 Å². The molecular weight excluding hydrogens is 516 g/mol. The smallest absolute Gasteiger partial charge is 0.138 e. The van der Waals surface area contributed by atoms with Crippen LogP contribution in [0.25, 0.3) is 44.5 Å². The van der Waals surface area contributed by atoms with Gasteiger partial charge >= 0.3 is 0 Å². The maximum absolute atomic E-state index is 9.99. The van der Waals surface area contributed by atoms with Crippen molar-refractivity contribution in [3.63, 3.8) is 0 Å². The average molecular weight is 531 g/mol. The van der Waals surface area contributed by atoms with Gasteiger partial charge in [-0.15, -0.1) is 0 Å². The molecule has 0 aromatic heterocycles. The van der Waals surface area contributed by atoms with Crippen LogP contribution in [0.15, 0.2) is 96.1 Å². The SMILES string of the molecule is N#CC(C#N)=C1C2=C(C(=C(C#N)C#N)c3ccc(-c4ccc(C#N)cc4)cc32)c2cc(-c3ccc(C#N)cc3)ccc21. The molecule has 188 valence electrons. The normalized spacial score (nSPS) is 12.0. The summed E-state index contributed by atoms with van der Waals surface area (Å²) in [5.74, 6) is 0. The number of rotatable bonds is 2. The van der Waals surface area contributed by atoms with Crippen molar-refractivity contribution >= 4 is 22.3 Å². The van der Waals surface area contributed by atoms with Crippen molar-refractivity contribution in [1.82, 2.24) is 0 Å². The molecule has 0 fully saturated rings. The highest BCUT2D eigenvalue weighted by atomic mass is 14.4. The third-order valence-corrected chi connectivity index (χ3v) is 7.51. The van der Waals surface area contributed by atoms with Gasteiger partial charge in [-0.2, -0.15) is 31.6 Å². The van der Waals surface area contributed by atoms with E-state index in [1.54, 1.807) is 24.3 Å². The van der Waals surface area contributed by atoms with E-state index in [9.17, 15) is 31.6 Å². The number of hydrogen-bond donors (Lipinski definition) is 0. The Bertz CT molecular complexity index is 2030. The molecule has 0 saturated heterocycles. The van der Waals surface area contributed by atoms with Crippen LogP contribution in [0.1, 0.15) is 33.4 Å². The molecule has 0 amide bonds. The van der Waals surface area contributed by atoms with E-state index in [4.69, 9.17) is 0 Å². The van der Waals surface area contributed by atoms with Crippen LogP contribution in [-0.2, 0) is 0 Å². The van der Waals surface area contributed by atoms with Crippen LogP contribution < -0.4 is 0 Å². The molecule has 0 radical (unpaired) electrons. The second-order valence-corrected chi connectivity index (χ2v) is 9.60. The molecule has 0 unspecified atom stereocenters. The Morgan fingerprint density at radius 2 is 0.714 bits per heavy atom. The second kappa shape index (κ2) is 9.97. The van der Waals surface area contributed by atoms with Gasteiger partial charge in [0.25, 0.3) is 0 Å². The quantitative estimate of drug-likeness (QED) is 0.249. The molecule has 4 aromatic carbocycles. The van der Waals surface area contributed by atoms with Crippen LogP contribution in [0.5, 0.6) is 0 Å². The summed E-state index contributed by atoms with van der Waals surface area (Å²) >= 11 is 0. The second-order valence-electron chi connectivity index (χ2n) is 9.60. The van der Waals surface area contributed by atoms with Gasteiger partial charge in [0, 0.05) is 22.3 Å². The van der Waals surface area contributed by atoms with Crippen molar-refractivity contribution in [3.8, 4) is 58.7 Å². The molecular formula is C36H14N6. The van der Waals surface area contributed by atoms with Gasteiger partial charge in [-0.1, -0.05) is 48.5 Å². The van der Waals surface area contributed by atoms with Crippen LogP contribution in [-0.4, -0.2) is 0 Å².